The summed E-state index contributed by atoms with van der Waals surface area (Å²) in [5.74, 6) is 0.167. The van der Waals surface area contributed by atoms with Gasteiger partial charge in [0.1, 0.15) is 0 Å². The number of rotatable bonds is 4. The summed E-state index contributed by atoms with van der Waals surface area (Å²) in [6.07, 6.45) is 0.295. The van der Waals surface area contributed by atoms with Crippen molar-refractivity contribution in [2.24, 2.45) is 0 Å². The summed E-state index contributed by atoms with van der Waals surface area (Å²) in [6.45, 7) is 3.64. The van der Waals surface area contributed by atoms with Crippen LogP contribution in [0.4, 0.5) is 0 Å². The van der Waals surface area contributed by atoms with E-state index >= 15 is 0 Å². The van der Waals surface area contributed by atoms with Crippen molar-refractivity contribution in [2.45, 2.75) is 6.42 Å². The average Bonchev–Trinajstić information content (AvgIpc) is 2.87. The van der Waals surface area contributed by atoms with Crippen LogP contribution in [0.25, 0.3) is 11.3 Å². The summed E-state index contributed by atoms with van der Waals surface area (Å²) in [5.41, 5.74) is 1.82. The van der Waals surface area contributed by atoms with Crippen LogP contribution in [0.15, 0.2) is 47.0 Å². The van der Waals surface area contributed by atoms with Crippen molar-refractivity contribution in [3.05, 3.63) is 53.2 Å². The zero-order valence-electron chi connectivity index (χ0n) is 10.4. The van der Waals surface area contributed by atoms with Crippen LogP contribution in [0.5, 0.6) is 0 Å². The molecule has 19 heavy (non-hydrogen) atoms. The molecule has 0 amide bonds. The Hall–Kier alpha value is -2.07. The Morgan fingerprint density at radius 3 is 2.74 bits per heavy atom. The number of hydrogen-bond donors (Lipinski definition) is 0. The molecule has 0 spiro atoms. The highest BCUT2D eigenvalue weighted by molar-refractivity contribution is 6.30. The van der Waals surface area contributed by atoms with Crippen molar-refractivity contribution in [2.75, 3.05) is 7.11 Å². The molecule has 0 aliphatic rings. The molecule has 2 aromatic rings. The van der Waals surface area contributed by atoms with Gasteiger partial charge in [-0.25, -0.2) is 4.79 Å². The van der Waals surface area contributed by atoms with E-state index in [1.165, 1.54) is 7.11 Å². The lowest BCUT2D eigenvalue weighted by Crippen LogP contribution is -2.06. The quantitative estimate of drug-likeness (QED) is 0.636. The second kappa shape index (κ2) is 5.71. The second-order valence-electron chi connectivity index (χ2n) is 3.96. The van der Waals surface area contributed by atoms with Crippen LogP contribution < -0.4 is 0 Å². The SMILES string of the molecule is C=C(Cc1cc(-c2ccc(Cl)cc2)on1)C(=O)OC. The second-order valence-corrected chi connectivity index (χ2v) is 4.40. The lowest BCUT2D eigenvalue weighted by molar-refractivity contribution is -0.136. The van der Waals surface area contributed by atoms with Gasteiger partial charge in [-0.2, -0.15) is 0 Å². The van der Waals surface area contributed by atoms with Gasteiger partial charge in [0.2, 0.25) is 0 Å². The van der Waals surface area contributed by atoms with E-state index in [1.807, 2.05) is 12.1 Å². The molecule has 1 heterocycles. The first kappa shape index (κ1) is 13.4. The fraction of sp³-hybridized carbons (Fsp3) is 0.143. The first-order valence-corrected chi connectivity index (χ1v) is 5.95. The van der Waals surface area contributed by atoms with E-state index in [0.717, 1.165) is 5.56 Å². The first-order chi connectivity index (χ1) is 9.10. The summed E-state index contributed by atoms with van der Waals surface area (Å²) in [6, 6.07) is 8.97. The lowest BCUT2D eigenvalue weighted by atomic mass is 10.1. The highest BCUT2D eigenvalue weighted by Crippen LogP contribution is 2.23. The smallest absolute Gasteiger partial charge is 0.333 e. The Labute approximate surface area is 115 Å². The highest BCUT2D eigenvalue weighted by atomic mass is 35.5. The topological polar surface area (TPSA) is 52.3 Å². The molecule has 4 nitrogen and oxygen atoms in total. The molecule has 0 aliphatic carbocycles. The van der Waals surface area contributed by atoms with Crippen LogP contribution >= 0.6 is 11.6 Å². The van der Waals surface area contributed by atoms with Crippen LogP contribution in [-0.4, -0.2) is 18.2 Å². The maximum Gasteiger partial charge on any atom is 0.333 e. The lowest BCUT2D eigenvalue weighted by Gasteiger charge is -1.99. The summed E-state index contributed by atoms with van der Waals surface area (Å²) in [5, 5.41) is 4.55. The van der Waals surface area contributed by atoms with Gasteiger partial charge >= 0.3 is 5.97 Å². The van der Waals surface area contributed by atoms with Gasteiger partial charge in [0.25, 0.3) is 0 Å². The Balaban J connectivity index is 2.13. The van der Waals surface area contributed by atoms with Crippen molar-refractivity contribution in [3.8, 4) is 11.3 Å². The van der Waals surface area contributed by atoms with Crippen LogP contribution in [0.2, 0.25) is 5.02 Å². The van der Waals surface area contributed by atoms with E-state index in [0.29, 0.717) is 28.5 Å². The molecular formula is C14H12ClNO3. The van der Waals surface area contributed by atoms with Gasteiger partial charge in [-0.15, -0.1) is 0 Å². The molecule has 0 N–H and O–H groups in total. The molecule has 1 aromatic heterocycles. The van der Waals surface area contributed by atoms with Crippen LogP contribution in [0, 0.1) is 0 Å². The number of benzene rings is 1. The van der Waals surface area contributed by atoms with Crippen molar-refractivity contribution in [1.82, 2.24) is 5.16 Å². The third-order valence-corrected chi connectivity index (χ3v) is 2.81. The normalized spacial score (nSPS) is 10.2. The van der Waals surface area contributed by atoms with E-state index < -0.39 is 5.97 Å². The molecule has 0 fully saturated rings. The third kappa shape index (κ3) is 3.23. The number of methoxy groups -OCH3 is 1. The third-order valence-electron chi connectivity index (χ3n) is 2.56. The zero-order chi connectivity index (χ0) is 13.8. The number of ether oxygens (including phenoxy) is 1. The molecule has 98 valence electrons. The largest absolute Gasteiger partial charge is 0.466 e. The molecule has 5 heteroatoms. The van der Waals surface area contributed by atoms with E-state index in [4.69, 9.17) is 16.1 Å². The molecule has 0 bridgehead atoms. The van der Waals surface area contributed by atoms with Crippen molar-refractivity contribution in [1.29, 1.82) is 0 Å². The van der Waals surface area contributed by atoms with E-state index in [1.54, 1.807) is 18.2 Å². The minimum absolute atomic E-state index is 0.295. The molecule has 2 rings (SSSR count). The molecule has 0 saturated carbocycles. The Morgan fingerprint density at radius 2 is 2.11 bits per heavy atom. The molecule has 0 unspecified atom stereocenters. The van der Waals surface area contributed by atoms with Crippen molar-refractivity contribution < 1.29 is 14.1 Å². The number of carbonyl (C=O) groups excluding carboxylic acids is 1. The van der Waals surface area contributed by atoms with Crippen LogP contribution in [0.3, 0.4) is 0 Å². The molecule has 0 atom stereocenters. The Morgan fingerprint density at radius 1 is 1.42 bits per heavy atom. The predicted molar refractivity (Wildman–Crippen MR) is 71.8 cm³/mol. The number of nitrogens with zero attached hydrogens (tertiary/aromatic N) is 1. The Kier molecular flexibility index (Phi) is 4.02. The summed E-state index contributed by atoms with van der Waals surface area (Å²) in [7, 11) is 1.31. The molecule has 0 radical (unpaired) electrons. The number of carbonyl (C=O) groups is 1. The van der Waals surface area contributed by atoms with Crippen LogP contribution in [-0.2, 0) is 16.0 Å². The van der Waals surface area contributed by atoms with Crippen molar-refractivity contribution >= 4 is 17.6 Å². The van der Waals surface area contributed by atoms with Crippen molar-refractivity contribution in [3.63, 3.8) is 0 Å². The van der Waals surface area contributed by atoms with E-state index in [-0.39, 0.29) is 0 Å². The van der Waals surface area contributed by atoms with Gasteiger partial charge in [0.15, 0.2) is 5.76 Å². The maximum atomic E-state index is 11.2. The average molecular weight is 278 g/mol. The van der Waals surface area contributed by atoms with E-state index in [9.17, 15) is 4.79 Å². The highest BCUT2D eigenvalue weighted by Gasteiger charge is 2.12. The molecular weight excluding hydrogens is 266 g/mol. The minimum atomic E-state index is -0.448. The van der Waals surface area contributed by atoms with Gasteiger partial charge in [0, 0.05) is 28.6 Å². The van der Waals surface area contributed by atoms with E-state index in [2.05, 4.69) is 16.5 Å². The Bertz CT molecular complexity index is 601. The number of halogens is 1. The van der Waals surface area contributed by atoms with Crippen LogP contribution in [0.1, 0.15) is 5.69 Å². The van der Waals surface area contributed by atoms with Gasteiger partial charge in [0.05, 0.1) is 12.8 Å². The zero-order valence-corrected chi connectivity index (χ0v) is 11.1. The standard InChI is InChI=1S/C14H12ClNO3/c1-9(14(17)18-2)7-12-8-13(19-16-12)10-3-5-11(15)6-4-10/h3-6,8H,1,7H2,2H3. The molecule has 0 aliphatic heterocycles. The fourth-order valence-electron chi connectivity index (χ4n) is 1.58. The van der Waals surface area contributed by atoms with Gasteiger partial charge in [-0.05, 0) is 24.3 Å². The molecule has 1 aromatic carbocycles. The molecule has 0 saturated heterocycles. The van der Waals surface area contributed by atoms with Gasteiger partial charge in [-0.3, -0.25) is 0 Å². The van der Waals surface area contributed by atoms with Gasteiger partial charge < -0.3 is 9.26 Å². The van der Waals surface area contributed by atoms with Gasteiger partial charge in [-0.1, -0.05) is 23.3 Å². The minimum Gasteiger partial charge on any atom is -0.466 e. The maximum absolute atomic E-state index is 11.2. The summed E-state index contributed by atoms with van der Waals surface area (Å²) in [4.78, 5) is 11.2. The predicted octanol–water partition coefficient (Wildman–Crippen LogP) is 3.27. The summed E-state index contributed by atoms with van der Waals surface area (Å²) < 4.78 is 9.80. The first-order valence-electron chi connectivity index (χ1n) is 5.58. The summed E-state index contributed by atoms with van der Waals surface area (Å²) >= 11 is 5.81. The monoisotopic (exact) mass is 277 g/mol. The fourth-order valence-corrected chi connectivity index (χ4v) is 1.71. The number of hydrogen-bond acceptors (Lipinski definition) is 4. The number of aromatic nitrogens is 1. The number of esters is 1.